The first-order valence-corrected chi connectivity index (χ1v) is 10.1. The second-order valence-corrected chi connectivity index (χ2v) is 9.40. The van der Waals surface area contributed by atoms with Crippen molar-refractivity contribution in [2.75, 3.05) is 42.6 Å². The van der Waals surface area contributed by atoms with Crippen LogP contribution < -0.4 is 4.90 Å². The number of hydrogen-bond donors (Lipinski definition) is 1. The van der Waals surface area contributed by atoms with Crippen molar-refractivity contribution < 1.29 is 18.3 Å². The molecule has 2 fully saturated rings. The second kappa shape index (κ2) is 6.04. The first kappa shape index (κ1) is 17.2. The third-order valence-corrected chi connectivity index (χ3v) is 6.78. The maximum Gasteiger partial charge on any atom is 0.256 e. The van der Waals surface area contributed by atoms with Crippen LogP contribution in [0.2, 0.25) is 0 Å². The molecule has 1 aromatic carbocycles. The lowest BCUT2D eigenvalue weighted by atomic mass is 9.95. The number of nitrogens with zero attached hydrogens (tertiary/aromatic N) is 2. The molecule has 2 heterocycles. The Morgan fingerprint density at radius 3 is 2.46 bits per heavy atom. The van der Waals surface area contributed by atoms with Crippen LogP contribution in [0.25, 0.3) is 0 Å². The van der Waals surface area contributed by atoms with Crippen molar-refractivity contribution in [3.8, 4) is 0 Å². The lowest BCUT2D eigenvalue weighted by Crippen LogP contribution is -2.41. The van der Waals surface area contributed by atoms with Gasteiger partial charge in [-0.1, -0.05) is 19.1 Å². The van der Waals surface area contributed by atoms with Crippen molar-refractivity contribution in [3.05, 3.63) is 29.8 Å². The standard InChI is InChI=1S/C17H24N2O4S/c1-13-11-19(12-17(13,2)21)16(20)14-5-3-4-6-15(14)18-7-9-24(22,23)10-8-18/h3-6,13,21H,7-12H2,1-2H3/t13-,17+/m0/s1. The molecule has 0 spiro atoms. The molecule has 1 amide bonds. The summed E-state index contributed by atoms with van der Waals surface area (Å²) in [6, 6.07) is 7.31. The second-order valence-electron chi connectivity index (χ2n) is 7.10. The zero-order valence-corrected chi connectivity index (χ0v) is 14.9. The van der Waals surface area contributed by atoms with E-state index < -0.39 is 15.4 Å². The molecule has 2 aliphatic rings. The van der Waals surface area contributed by atoms with Crippen molar-refractivity contribution >= 4 is 21.4 Å². The molecule has 6 nitrogen and oxygen atoms in total. The Morgan fingerprint density at radius 2 is 1.88 bits per heavy atom. The number of carbonyl (C=O) groups is 1. The Morgan fingerprint density at radius 1 is 1.25 bits per heavy atom. The van der Waals surface area contributed by atoms with Crippen LogP contribution in [-0.4, -0.2) is 67.6 Å². The number of sulfone groups is 1. The smallest absolute Gasteiger partial charge is 0.256 e. The summed E-state index contributed by atoms with van der Waals surface area (Å²) in [4.78, 5) is 16.6. The molecule has 3 rings (SSSR count). The lowest BCUT2D eigenvalue weighted by molar-refractivity contribution is 0.0351. The number of hydrogen-bond acceptors (Lipinski definition) is 5. The van der Waals surface area contributed by atoms with Gasteiger partial charge in [0.05, 0.1) is 22.7 Å². The highest BCUT2D eigenvalue weighted by atomic mass is 32.2. The monoisotopic (exact) mass is 352 g/mol. The molecule has 2 atom stereocenters. The summed E-state index contributed by atoms with van der Waals surface area (Å²) >= 11 is 0. The van der Waals surface area contributed by atoms with Crippen molar-refractivity contribution in [2.45, 2.75) is 19.4 Å². The fourth-order valence-electron chi connectivity index (χ4n) is 3.34. The quantitative estimate of drug-likeness (QED) is 0.850. The van der Waals surface area contributed by atoms with E-state index in [2.05, 4.69) is 0 Å². The van der Waals surface area contributed by atoms with Crippen LogP contribution >= 0.6 is 0 Å². The Balaban J connectivity index is 1.84. The van der Waals surface area contributed by atoms with Gasteiger partial charge in [0.25, 0.3) is 5.91 Å². The first-order valence-electron chi connectivity index (χ1n) is 8.26. The number of carbonyl (C=O) groups excluding carboxylic acids is 1. The number of rotatable bonds is 2. The van der Waals surface area contributed by atoms with Crippen LogP contribution in [-0.2, 0) is 9.84 Å². The van der Waals surface area contributed by atoms with E-state index in [9.17, 15) is 18.3 Å². The minimum atomic E-state index is -2.97. The third kappa shape index (κ3) is 3.28. The Kier molecular flexibility index (Phi) is 4.34. The van der Waals surface area contributed by atoms with Crippen LogP contribution in [0.15, 0.2) is 24.3 Å². The van der Waals surface area contributed by atoms with E-state index in [-0.39, 0.29) is 23.3 Å². The molecule has 0 bridgehead atoms. The van der Waals surface area contributed by atoms with Gasteiger partial charge < -0.3 is 14.9 Å². The highest BCUT2D eigenvalue weighted by Crippen LogP contribution is 2.30. The Hall–Kier alpha value is -1.60. The van der Waals surface area contributed by atoms with Gasteiger partial charge in [-0.2, -0.15) is 0 Å². The summed E-state index contributed by atoms with van der Waals surface area (Å²) in [6.07, 6.45) is 0. The molecular weight excluding hydrogens is 328 g/mol. The highest BCUT2D eigenvalue weighted by molar-refractivity contribution is 7.91. The molecule has 0 aliphatic carbocycles. The lowest BCUT2D eigenvalue weighted by Gasteiger charge is -2.31. The molecule has 7 heteroatoms. The first-order chi connectivity index (χ1) is 11.2. The fourth-order valence-corrected chi connectivity index (χ4v) is 4.54. The maximum atomic E-state index is 12.9. The number of anilines is 1. The summed E-state index contributed by atoms with van der Waals surface area (Å²) in [7, 11) is -2.97. The summed E-state index contributed by atoms with van der Waals surface area (Å²) in [5.74, 6) is 0.146. The van der Waals surface area contributed by atoms with E-state index in [1.165, 1.54) is 0 Å². The van der Waals surface area contributed by atoms with Crippen LogP contribution in [0.4, 0.5) is 5.69 Å². The summed E-state index contributed by atoms with van der Waals surface area (Å²) < 4.78 is 23.3. The van der Waals surface area contributed by atoms with Gasteiger partial charge in [-0.3, -0.25) is 4.79 Å². The number of benzene rings is 1. The predicted octanol–water partition coefficient (Wildman–Crippen LogP) is 0.764. The summed E-state index contributed by atoms with van der Waals surface area (Å²) in [5, 5.41) is 10.3. The van der Waals surface area contributed by atoms with Gasteiger partial charge in [-0.05, 0) is 19.1 Å². The molecule has 0 radical (unpaired) electrons. The number of para-hydroxylation sites is 1. The van der Waals surface area contributed by atoms with E-state index in [0.29, 0.717) is 31.7 Å². The minimum absolute atomic E-state index is 0.0220. The van der Waals surface area contributed by atoms with Crippen LogP contribution in [0, 0.1) is 5.92 Å². The van der Waals surface area contributed by atoms with Gasteiger partial charge >= 0.3 is 0 Å². The normalized spacial score (nSPS) is 29.7. The van der Waals surface area contributed by atoms with E-state index in [1.807, 2.05) is 30.0 Å². The molecule has 2 aliphatic heterocycles. The van der Waals surface area contributed by atoms with E-state index >= 15 is 0 Å². The van der Waals surface area contributed by atoms with Crippen molar-refractivity contribution in [1.82, 2.24) is 4.90 Å². The average molecular weight is 352 g/mol. The van der Waals surface area contributed by atoms with Crippen LogP contribution in [0.5, 0.6) is 0 Å². The van der Waals surface area contributed by atoms with E-state index in [0.717, 1.165) is 5.69 Å². The average Bonchev–Trinajstić information content (AvgIpc) is 2.80. The molecule has 0 aromatic heterocycles. The van der Waals surface area contributed by atoms with Gasteiger partial charge in [0, 0.05) is 37.8 Å². The molecule has 0 unspecified atom stereocenters. The zero-order chi connectivity index (χ0) is 17.5. The number of β-amino-alcohol motifs (C(OH)–C–C–N with tert-alkyl or cyclic N) is 1. The third-order valence-electron chi connectivity index (χ3n) is 5.17. The molecule has 0 saturated carbocycles. The van der Waals surface area contributed by atoms with E-state index in [4.69, 9.17) is 0 Å². The largest absolute Gasteiger partial charge is 0.388 e. The van der Waals surface area contributed by atoms with Crippen LogP contribution in [0.3, 0.4) is 0 Å². The topological polar surface area (TPSA) is 77.9 Å². The molecular formula is C17H24N2O4S. The van der Waals surface area contributed by atoms with Crippen molar-refractivity contribution in [3.63, 3.8) is 0 Å². The molecule has 24 heavy (non-hydrogen) atoms. The minimum Gasteiger partial charge on any atom is -0.388 e. The highest BCUT2D eigenvalue weighted by Gasteiger charge is 2.41. The maximum absolute atomic E-state index is 12.9. The Bertz CT molecular complexity index is 731. The number of likely N-dealkylation sites (tertiary alicyclic amines) is 1. The van der Waals surface area contributed by atoms with Gasteiger partial charge in [0.2, 0.25) is 0 Å². The van der Waals surface area contributed by atoms with Gasteiger partial charge in [0.1, 0.15) is 0 Å². The van der Waals surface area contributed by atoms with Gasteiger partial charge in [0.15, 0.2) is 9.84 Å². The van der Waals surface area contributed by atoms with Crippen molar-refractivity contribution in [2.24, 2.45) is 5.92 Å². The fraction of sp³-hybridized carbons (Fsp3) is 0.588. The van der Waals surface area contributed by atoms with Crippen molar-refractivity contribution in [1.29, 1.82) is 0 Å². The SMILES string of the molecule is C[C@H]1CN(C(=O)c2ccccc2N2CCS(=O)(=O)CC2)C[C@@]1(C)O. The van der Waals surface area contributed by atoms with E-state index in [1.54, 1.807) is 17.9 Å². The molecule has 132 valence electrons. The number of aliphatic hydroxyl groups is 1. The summed E-state index contributed by atoms with van der Waals surface area (Å²) in [6.45, 7) is 5.34. The summed E-state index contributed by atoms with van der Waals surface area (Å²) in [5.41, 5.74) is 0.474. The molecule has 1 N–H and O–H groups in total. The molecule has 1 aromatic rings. The number of amides is 1. The Labute approximate surface area is 143 Å². The predicted molar refractivity (Wildman–Crippen MR) is 93.0 cm³/mol. The van der Waals surface area contributed by atoms with Gasteiger partial charge in [-0.15, -0.1) is 0 Å². The molecule has 2 saturated heterocycles. The van der Waals surface area contributed by atoms with Gasteiger partial charge in [-0.25, -0.2) is 8.42 Å². The zero-order valence-electron chi connectivity index (χ0n) is 14.1. The van der Waals surface area contributed by atoms with Crippen LogP contribution in [0.1, 0.15) is 24.2 Å².